The van der Waals surface area contributed by atoms with Crippen LogP contribution in [0.4, 0.5) is 0 Å². The van der Waals surface area contributed by atoms with E-state index in [4.69, 9.17) is 5.26 Å². The summed E-state index contributed by atoms with van der Waals surface area (Å²) in [6.07, 6.45) is -0.546. The number of nitriles is 1. The SMILES string of the molecule is Cc1cc(C)c(C(O)CSC#N)c(C)c1. The van der Waals surface area contributed by atoms with Crippen molar-refractivity contribution in [2.75, 3.05) is 5.75 Å². The van der Waals surface area contributed by atoms with Gasteiger partial charge in [0.05, 0.1) is 6.10 Å². The topological polar surface area (TPSA) is 44.0 Å². The lowest BCUT2D eigenvalue weighted by Gasteiger charge is -2.15. The zero-order valence-corrected chi connectivity index (χ0v) is 10.1. The van der Waals surface area contributed by atoms with Crippen LogP contribution < -0.4 is 0 Å². The number of thioether (sulfide) groups is 1. The molecule has 0 aliphatic rings. The molecule has 0 aliphatic heterocycles. The number of aliphatic hydroxyl groups excluding tert-OH is 1. The van der Waals surface area contributed by atoms with Crippen LogP contribution >= 0.6 is 11.8 Å². The van der Waals surface area contributed by atoms with Crippen LogP contribution in [0.25, 0.3) is 0 Å². The normalized spacial score (nSPS) is 12.2. The molecule has 3 heteroatoms. The number of hydrogen-bond donors (Lipinski definition) is 1. The minimum absolute atomic E-state index is 0.432. The zero-order valence-electron chi connectivity index (χ0n) is 9.24. The predicted octanol–water partition coefficient (Wildman–Crippen LogP) is 2.86. The molecule has 0 radical (unpaired) electrons. The van der Waals surface area contributed by atoms with Gasteiger partial charge in [0.1, 0.15) is 5.40 Å². The number of aliphatic hydroxyl groups is 1. The van der Waals surface area contributed by atoms with Gasteiger partial charge in [-0.3, -0.25) is 0 Å². The number of hydrogen-bond acceptors (Lipinski definition) is 3. The van der Waals surface area contributed by atoms with Gasteiger partial charge in [0.2, 0.25) is 0 Å². The van der Waals surface area contributed by atoms with Crippen molar-refractivity contribution in [3.8, 4) is 5.40 Å². The molecule has 1 N–H and O–H groups in total. The van der Waals surface area contributed by atoms with E-state index in [2.05, 4.69) is 12.1 Å². The van der Waals surface area contributed by atoms with Gasteiger partial charge in [-0.05, 0) is 49.2 Å². The number of rotatable bonds is 3. The predicted molar refractivity (Wildman–Crippen MR) is 63.7 cm³/mol. The van der Waals surface area contributed by atoms with Crippen molar-refractivity contribution in [2.24, 2.45) is 0 Å². The summed E-state index contributed by atoms with van der Waals surface area (Å²) in [5.74, 6) is 0.432. The van der Waals surface area contributed by atoms with Gasteiger partial charge < -0.3 is 5.11 Å². The number of thiocyanates is 1. The molecule has 1 unspecified atom stereocenters. The molecule has 0 bridgehead atoms. The van der Waals surface area contributed by atoms with Crippen LogP contribution in [0.15, 0.2) is 12.1 Å². The molecule has 0 fully saturated rings. The summed E-state index contributed by atoms with van der Waals surface area (Å²) in [5.41, 5.74) is 4.36. The minimum Gasteiger partial charge on any atom is -0.387 e. The first-order valence-electron chi connectivity index (χ1n) is 4.83. The second kappa shape index (κ2) is 5.20. The second-order valence-electron chi connectivity index (χ2n) is 3.73. The highest BCUT2D eigenvalue weighted by Crippen LogP contribution is 2.25. The Kier molecular flexibility index (Phi) is 4.19. The Morgan fingerprint density at radius 3 is 2.33 bits per heavy atom. The van der Waals surface area contributed by atoms with E-state index < -0.39 is 6.10 Å². The van der Waals surface area contributed by atoms with E-state index in [-0.39, 0.29) is 0 Å². The summed E-state index contributed by atoms with van der Waals surface area (Å²) in [6, 6.07) is 4.12. The minimum atomic E-state index is -0.546. The first kappa shape index (κ1) is 12.1. The van der Waals surface area contributed by atoms with Gasteiger partial charge in [-0.1, -0.05) is 17.7 Å². The maximum absolute atomic E-state index is 9.93. The molecule has 0 heterocycles. The molecular weight excluding hydrogens is 206 g/mol. The summed E-state index contributed by atoms with van der Waals surface area (Å²) in [5, 5.41) is 20.4. The van der Waals surface area contributed by atoms with Crippen molar-refractivity contribution in [2.45, 2.75) is 26.9 Å². The number of aryl methyl sites for hydroxylation is 3. The smallest absolute Gasteiger partial charge is 0.133 e. The van der Waals surface area contributed by atoms with E-state index in [0.29, 0.717) is 5.75 Å². The average molecular weight is 221 g/mol. The fraction of sp³-hybridized carbons (Fsp3) is 0.417. The molecule has 15 heavy (non-hydrogen) atoms. The first-order valence-corrected chi connectivity index (χ1v) is 5.81. The molecule has 1 atom stereocenters. The summed E-state index contributed by atoms with van der Waals surface area (Å²) in [6.45, 7) is 6.03. The van der Waals surface area contributed by atoms with E-state index in [1.165, 1.54) is 5.56 Å². The highest BCUT2D eigenvalue weighted by Gasteiger charge is 2.13. The van der Waals surface area contributed by atoms with Crippen LogP contribution in [-0.4, -0.2) is 10.9 Å². The molecule has 1 aromatic carbocycles. The second-order valence-corrected chi connectivity index (χ2v) is 4.54. The van der Waals surface area contributed by atoms with Gasteiger partial charge in [-0.25, -0.2) is 0 Å². The molecular formula is C12H15NOS. The molecule has 0 saturated carbocycles. The quantitative estimate of drug-likeness (QED) is 0.798. The zero-order chi connectivity index (χ0) is 11.4. The van der Waals surface area contributed by atoms with Gasteiger partial charge in [0.15, 0.2) is 0 Å². The van der Waals surface area contributed by atoms with Crippen LogP contribution in [-0.2, 0) is 0 Å². The Bertz CT molecular complexity index is 372. The van der Waals surface area contributed by atoms with Crippen molar-refractivity contribution in [1.82, 2.24) is 0 Å². The third-order valence-corrected chi connectivity index (χ3v) is 2.99. The summed E-state index contributed by atoms with van der Waals surface area (Å²) < 4.78 is 0. The maximum Gasteiger partial charge on any atom is 0.133 e. The van der Waals surface area contributed by atoms with Crippen molar-refractivity contribution in [3.05, 3.63) is 34.4 Å². The lowest BCUT2D eigenvalue weighted by atomic mass is 9.96. The Morgan fingerprint density at radius 1 is 1.33 bits per heavy atom. The van der Waals surface area contributed by atoms with E-state index in [1.54, 1.807) is 0 Å². The largest absolute Gasteiger partial charge is 0.387 e. The standard InChI is InChI=1S/C12H15NOS/c1-8-4-9(2)12(10(3)5-8)11(14)6-15-7-13/h4-5,11,14H,6H2,1-3H3. The van der Waals surface area contributed by atoms with Gasteiger partial charge in [-0.2, -0.15) is 5.26 Å². The number of nitrogens with zero attached hydrogens (tertiary/aromatic N) is 1. The molecule has 80 valence electrons. The Hall–Kier alpha value is -0.980. The van der Waals surface area contributed by atoms with E-state index in [9.17, 15) is 5.11 Å². The van der Waals surface area contributed by atoms with Crippen molar-refractivity contribution in [3.63, 3.8) is 0 Å². The van der Waals surface area contributed by atoms with Crippen molar-refractivity contribution < 1.29 is 5.11 Å². The third kappa shape index (κ3) is 2.98. The molecule has 0 aromatic heterocycles. The molecule has 1 aromatic rings. The molecule has 0 amide bonds. The van der Waals surface area contributed by atoms with Gasteiger partial charge in [0.25, 0.3) is 0 Å². The fourth-order valence-corrected chi connectivity index (χ4v) is 2.32. The summed E-state index contributed by atoms with van der Waals surface area (Å²) in [4.78, 5) is 0. The van der Waals surface area contributed by atoms with Crippen molar-refractivity contribution >= 4 is 11.8 Å². The molecule has 1 rings (SSSR count). The van der Waals surface area contributed by atoms with E-state index >= 15 is 0 Å². The Balaban J connectivity index is 2.99. The third-order valence-electron chi connectivity index (χ3n) is 2.38. The van der Waals surface area contributed by atoms with Crippen LogP contribution in [0.1, 0.15) is 28.4 Å². The molecule has 0 saturated heterocycles. The number of benzene rings is 1. The summed E-state index contributed by atoms with van der Waals surface area (Å²) >= 11 is 1.09. The van der Waals surface area contributed by atoms with Crippen LogP contribution in [0, 0.1) is 31.4 Å². The van der Waals surface area contributed by atoms with Crippen LogP contribution in [0.5, 0.6) is 0 Å². The maximum atomic E-state index is 9.93. The Labute approximate surface area is 94.9 Å². The van der Waals surface area contributed by atoms with E-state index in [0.717, 1.165) is 28.5 Å². The van der Waals surface area contributed by atoms with Gasteiger partial charge >= 0.3 is 0 Å². The average Bonchev–Trinajstić information content (AvgIpc) is 2.12. The first-order chi connectivity index (χ1) is 7.06. The fourth-order valence-electron chi connectivity index (χ4n) is 1.92. The lowest BCUT2D eigenvalue weighted by molar-refractivity contribution is 0.203. The van der Waals surface area contributed by atoms with E-state index in [1.807, 2.05) is 26.2 Å². The molecule has 0 spiro atoms. The molecule has 2 nitrogen and oxygen atoms in total. The monoisotopic (exact) mass is 221 g/mol. The van der Waals surface area contributed by atoms with Gasteiger partial charge in [0, 0.05) is 5.75 Å². The summed E-state index contributed by atoms with van der Waals surface area (Å²) in [7, 11) is 0. The van der Waals surface area contributed by atoms with Crippen LogP contribution in [0.3, 0.4) is 0 Å². The van der Waals surface area contributed by atoms with Crippen LogP contribution in [0.2, 0.25) is 0 Å². The van der Waals surface area contributed by atoms with Crippen molar-refractivity contribution in [1.29, 1.82) is 5.26 Å². The highest BCUT2D eigenvalue weighted by atomic mass is 32.2. The molecule has 0 aliphatic carbocycles. The van der Waals surface area contributed by atoms with Gasteiger partial charge in [-0.15, -0.1) is 0 Å². The highest BCUT2D eigenvalue weighted by molar-refractivity contribution is 8.03. The Morgan fingerprint density at radius 2 is 1.87 bits per heavy atom. The lowest BCUT2D eigenvalue weighted by Crippen LogP contribution is -2.05.